The zero-order chi connectivity index (χ0) is 15.8. The highest BCUT2D eigenvalue weighted by Gasteiger charge is 2.21. The molecule has 0 bridgehead atoms. The van der Waals surface area contributed by atoms with Gasteiger partial charge in [0.2, 0.25) is 0 Å². The van der Waals surface area contributed by atoms with E-state index in [0.29, 0.717) is 0 Å². The van der Waals surface area contributed by atoms with Crippen LogP contribution in [0.25, 0.3) is 10.9 Å². The number of nitrogens with one attached hydrogen (secondary N) is 1. The van der Waals surface area contributed by atoms with Gasteiger partial charge in [-0.25, -0.2) is 0 Å². The molecule has 2 heterocycles. The summed E-state index contributed by atoms with van der Waals surface area (Å²) in [7, 11) is 3.32. The topological polar surface area (TPSA) is 46.6 Å². The van der Waals surface area contributed by atoms with Gasteiger partial charge in [0.1, 0.15) is 11.5 Å². The maximum absolute atomic E-state index is 5.39. The lowest BCUT2D eigenvalue weighted by Crippen LogP contribution is -2.14. The number of para-hydroxylation sites is 1. The molecule has 0 atom stereocenters. The number of hydrogen-bond donors (Lipinski definition) is 1. The van der Waals surface area contributed by atoms with Crippen molar-refractivity contribution in [3.05, 3.63) is 59.3 Å². The number of aliphatic imine (C=N–C) groups is 1. The average Bonchev–Trinajstić information content (AvgIpc) is 3.00. The van der Waals surface area contributed by atoms with Gasteiger partial charge >= 0.3 is 0 Å². The molecule has 0 radical (unpaired) electrons. The molecule has 116 valence electrons. The fourth-order valence-electron chi connectivity index (χ4n) is 3.20. The predicted molar refractivity (Wildman–Crippen MR) is 92.1 cm³/mol. The Kier molecular flexibility index (Phi) is 3.30. The van der Waals surface area contributed by atoms with Crippen LogP contribution in [0.1, 0.15) is 16.8 Å². The molecule has 4 heteroatoms. The summed E-state index contributed by atoms with van der Waals surface area (Å²) in [4.78, 5) is 8.29. The number of aromatic amines is 1. The minimum absolute atomic E-state index is 0.769. The lowest BCUT2D eigenvalue weighted by molar-refractivity contribution is 0.394. The second kappa shape index (κ2) is 5.47. The van der Waals surface area contributed by atoms with Crippen molar-refractivity contribution < 1.29 is 9.47 Å². The fraction of sp³-hybridized carbons (Fsp3) is 0.211. The second-order valence-electron chi connectivity index (χ2n) is 5.61. The van der Waals surface area contributed by atoms with Crippen molar-refractivity contribution in [3.8, 4) is 11.5 Å². The number of benzene rings is 2. The first-order valence-electron chi connectivity index (χ1n) is 7.68. The third-order valence-corrected chi connectivity index (χ3v) is 4.31. The Hall–Kier alpha value is -2.75. The van der Waals surface area contributed by atoms with E-state index in [1.54, 1.807) is 14.2 Å². The van der Waals surface area contributed by atoms with Crippen LogP contribution in [-0.4, -0.2) is 31.5 Å². The van der Waals surface area contributed by atoms with Crippen molar-refractivity contribution in [2.75, 3.05) is 20.8 Å². The van der Waals surface area contributed by atoms with Gasteiger partial charge in [0.15, 0.2) is 0 Å². The number of hydrogen-bond acceptors (Lipinski definition) is 3. The number of H-pyrrole nitrogens is 1. The average molecular weight is 306 g/mol. The number of fused-ring (bicyclic) bond motifs is 3. The van der Waals surface area contributed by atoms with Crippen LogP contribution >= 0.6 is 0 Å². The number of methoxy groups -OCH3 is 2. The molecule has 4 rings (SSSR count). The lowest BCUT2D eigenvalue weighted by atomic mass is 9.97. The van der Waals surface area contributed by atoms with Crippen LogP contribution in [-0.2, 0) is 6.42 Å². The van der Waals surface area contributed by atoms with Gasteiger partial charge in [0.05, 0.1) is 25.6 Å². The summed E-state index contributed by atoms with van der Waals surface area (Å²) >= 11 is 0. The van der Waals surface area contributed by atoms with Crippen LogP contribution in [0.3, 0.4) is 0 Å². The van der Waals surface area contributed by atoms with Gasteiger partial charge in [-0.05, 0) is 30.2 Å². The zero-order valence-electron chi connectivity index (χ0n) is 13.2. The minimum atomic E-state index is 0.769. The molecule has 4 nitrogen and oxygen atoms in total. The molecule has 1 aliphatic heterocycles. The van der Waals surface area contributed by atoms with E-state index in [9.17, 15) is 0 Å². The molecule has 0 aliphatic carbocycles. The summed E-state index contributed by atoms with van der Waals surface area (Å²) < 4.78 is 10.8. The van der Waals surface area contributed by atoms with Gasteiger partial charge in [0.25, 0.3) is 0 Å². The number of rotatable bonds is 3. The van der Waals surface area contributed by atoms with Crippen molar-refractivity contribution in [3.63, 3.8) is 0 Å². The van der Waals surface area contributed by atoms with E-state index in [0.717, 1.165) is 47.0 Å². The summed E-state index contributed by atoms with van der Waals surface area (Å²) in [6, 6.07) is 14.3. The quantitative estimate of drug-likeness (QED) is 0.804. The van der Waals surface area contributed by atoms with Gasteiger partial charge in [0, 0.05) is 29.1 Å². The van der Waals surface area contributed by atoms with Gasteiger partial charge in [-0.3, -0.25) is 4.99 Å². The van der Waals surface area contributed by atoms with E-state index in [2.05, 4.69) is 29.2 Å². The highest BCUT2D eigenvalue weighted by Crippen LogP contribution is 2.30. The molecule has 1 aromatic heterocycles. The van der Waals surface area contributed by atoms with Crippen LogP contribution < -0.4 is 9.47 Å². The normalized spacial score (nSPS) is 13.6. The maximum Gasteiger partial charge on any atom is 0.123 e. The Balaban J connectivity index is 1.90. The van der Waals surface area contributed by atoms with Crippen LogP contribution in [0.4, 0.5) is 0 Å². The number of aromatic nitrogens is 1. The molecule has 0 spiro atoms. The molecule has 0 unspecified atom stereocenters. The Morgan fingerprint density at radius 1 is 1.00 bits per heavy atom. The van der Waals surface area contributed by atoms with Gasteiger partial charge in [-0.1, -0.05) is 18.2 Å². The molecule has 0 saturated heterocycles. The molecular weight excluding hydrogens is 288 g/mol. The van der Waals surface area contributed by atoms with Crippen LogP contribution in [0.5, 0.6) is 11.5 Å². The van der Waals surface area contributed by atoms with Crippen molar-refractivity contribution in [2.24, 2.45) is 4.99 Å². The fourth-order valence-corrected chi connectivity index (χ4v) is 3.20. The summed E-state index contributed by atoms with van der Waals surface area (Å²) in [5.74, 6) is 1.54. The molecule has 1 aliphatic rings. The minimum Gasteiger partial charge on any atom is -0.497 e. The Morgan fingerprint density at radius 2 is 1.74 bits per heavy atom. The van der Waals surface area contributed by atoms with E-state index < -0.39 is 0 Å². The van der Waals surface area contributed by atoms with Crippen molar-refractivity contribution in [1.82, 2.24) is 4.98 Å². The highest BCUT2D eigenvalue weighted by molar-refractivity contribution is 6.16. The van der Waals surface area contributed by atoms with Crippen LogP contribution in [0.2, 0.25) is 0 Å². The van der Waals surface area contributed by atoms with Crippen molar-refractivity contribution in [1.29, 1.82) is 0 Å². The van der Waals surface area contributed by atoms with Gasteiger partial charge in [-0.2, -0.15) is 0 Å². The Bertz CT molecular complexity index is 887. The molecule has 2 aromatic carbocycles. The van der Waals surface area contributed by atoms with Gasteiger partial charge in [-0.15, -0.1) is 0 Å². The predicted octanol–water partition coefficient (Wildman–Crippen LogP) is 3.58. The highest BCUT2D eigenvalue weighted by atomic mass is 16.5. The molecule has 0 saturated carbocycles. The standard InChI is InChI=1S/C19H18N2O2/c1-22-13-9-12(10-14(11-13)23-2)18-19-16(7-8-20-18)15-5-3-4-6-17(15)21-19/h3-6,9-11,21H,7-8H2,1-2H3. The number of nitrogens with zero attached hydrogens (tertiary/aromatic N) is 1. The first-order chi connectivity index (χ1) is 11.3. The third kappa shape index (κ3) is 2.27. The van der Waals surface area contributed by atoms with E-state index in [4.69, 9.17) is 14.5 Å². The maximum atomic E-state index is 5.39. The SMILES string of the molecule is COc1cc(OC)cc(C2=NCCc3c2[nH]c2ccccc32)c1. The molecule has 23 heavy (non-hydrogen) atoms. The molecule has 0 amide bonds. The summed E-state index contributed by atoms with van der Waals surface area (Å²) in [5, 5.41) is 1.28. The zero-order valence-corrected chi connectivity index (χ0v) is 13.2. The Labute approximate surface area is 134 Å². The second-order valence-corrected chi connectivity index (χ2v) is 5.61. The Morgan fingerprint density at radius 3 is 2.48 bits per heavy atom. The van der Waals surface area contributed by atoms with E-state index in [-0.39, 0.29) is 0 Å². The smallest absolute Gasteiger partial charge is 0.123 e. The lowest BCUT2D eigenvalue weighted by Gasteiger charge is -2.15. The van der Waals surface area contributed by atoms with Gasteiger partial charge < -0.3 is 14.5 Å². The summed E-state index contributed by atoms with van der Waals surface area (Å²) in [6.07, 6.45) is 0.962. The van der Waals surface area contributed by atoms with Crippen LogP contribution in [0.15, 0.2) is 47.5 Å². The largest absolute Gasteiger partial charge is 0.497 e. The molecular formula is C19H18N2O2. The van der Waals surface area contributed by atoms with Crippen molar-refractivity contribution in [2.45, 2.75) is 6.42 Å². The molecule has 0 fully saturated rings. The number of ether oxygens (including phenoxy) is 2. The van der Waals surface area contributed by atoms with E-state index >= 15 is 0 Å². The van der Waals surface area contributed by atoms with Crippen LogP contribution in [0, 0.1) is 0 Å². The first-order valence-corrected chi connectivity index (χ1v) is 7.68. The molecule has 3 aromatic rings. The molecule has 1 N–H and O–H groups in total. The van der Waals surface area contributed by atoms with E-state index in [1.165, 1.54) is 10.9 Å². The summed E-state index contributed by atoms with van der Waals surface area (Å²) in [5.41, 5.74) is 5.58. The van der Waals surface area contributed by atoms with Crippen molar-refractivity contribution >= 4 is 16.6 Å². The third-order valence-electron chi connectivity index (χ3n) is 4.31. The monoisotopic (exact) mass is 306 g/mol. The van der Waals surface area contributed by atoms with E-state index in [1.807, 2.05) is 18.2 Å². The first kappa shape index (κ1) is 13.9. The summed E-state index contributed by atoms with van der Waals surface area (Å²) in [6.45, 7) is 0.795.